The number of hydrogen-bond acceptors (Lipinski definition) is 4. The van der Waals surface area contributed by atoms with E-state index in [2.05, 4.69) is 0 Å². The van der Waals surface area contributed by atoms with Crippen LogP contribution >= 0.6 is 0 Å². The summed E-state index contributed by atoms with van der Waals surface area (Å²) < 4.78 is 20.4. The van der Waals surface area contributed by atoms with E-state index in [1.54, 1.807) is 0 Å². The molecular formula is C7H8Na2O4. The zero-order valence-corrected chi connectivity index (χ0v) is 11.8. The van der Waals surface area contributed by atoms with E-state index in [1.807, 2.05) is 0 Å². The van der Waals surface area contributed by atoms with Crippen molar-refractivity contribution in [1.29, 1.82) is 0 Å². The van der Waals surface area contributed by atoms with Gasteiger partial charge in [0.05, 0.1) is 11.9 Å². The van der Waals surface area contributed by atoms with E-state index in [4.69, 9.17) is 4.11 Å². The zero-order chi connectivity index (χ0) is 11.5. The minimum Gasteiger partial charge on any atom is -0.545 e. The van der Waals surface area contributed by atoms with Crippen LogP contribution in [0.4, 0.5) is 0 Å². The SMILES string of the molecule is [2H]C([2H])([2H])/C(C(=O)[O-])=C(\CC)C(=O)[O-].[Na+].[Na+]. The first-order valence-electron chi connectivity index (χ1n) is 4.38. The molecule has 0 atom stereocenters. The normalized spacial score (nSPS) is 14.7. The van der Waals surface area contributed by atoms with Crippen LogP contribution < -0.4 is 69.3 Å². The molecule has 0 radical (unpaired) electrons. The van der Waals surface area contributed by atoms with Gasteiger partial charge in [-0.1, -0.05) is 6.92 Å². The van der Waals surface area contributed by atoms with Crippen molar-refractivity contribution in [3.05, 3.63) is 11.1 Å². The Morgan fingerprint density at radius 3 is 1.77 bits per heavy atom. The standard InChI is InChI=1S/C7H10O4.2Na/c1-3-5(7(10)11)4(2)6(8)9;;/h3H2,1-2H3,(H,8,9)(H,10,11);;/q;2*+1/p-2/b5-4-;;/i2D3;;. The Morgan fingerprint density at radius 1 is 1.23 bits per heavy atom. The fourth-order valence-corrected chi connectivity index (χ4v) is 0.546. The molecule has 0 aliphatic heterocycles. The average Bonchev–Trinajstić information content (AvgIpc) is 1.95. The number of carbonyl (C=O) groups is 2. The van der Waals surface area contributed by atoms with E-state index < -0.39 is 29.9 Å². The minimum atomic E-state index is -3.01. The number of rotatable bonds is 3. The zero-order valence-electron chi connectivity index (χ0n) is 10.8. The predicted molar refractivity (Wildman–Crippen MR) is 33.0 cm³/mol. The molecule has 0 aliphatic carbocycles. The molecule has 0 N–H and O–H groups in total. The molecule has 0 bridgehead atoms. The quantitative estimate of drug-likeness (QED) is 0.338. The summed E-state index contributed by atoms with van der Waals surface area (Å²) in [6, 6.07) is 0. The Labute approximate surface area is 125 Å². The first kappa shape index (κ1) is 11.8. The first-order valence-corrected chi connectivity index (χ1v) is 2.88. The van der Waals surface area contributed by atoms with Crippen LogP contribution in [0.25, 0.3) is 0 Å². The Hall–Kier alpha value is 0.680. The molecule has 4 nitrogen and oxygen atoms in total. The van der Waals surface area contributed by atoms with Crippen molar-refractivity contribution >= 4 is 11.9 Å². The Bertz CT molecular complexity index is 298. The summed E-state index contributed by atoms with van der Waals surface area (Å²) in [6.07, 6.45) is -0.246. The van der Waals surface area contributed by atoms with Crippen molar-refractivity contribution in [3.8, 4) is 0 Å². The second-order valence-corrected chi connectivity index (χ2v) is 1.78. The van der Waals surface area contributed by atoms with E-state index in [0.29, 0.717) is 0 Å². The molecule has 0 spiro atoms. The summed E-state index contributed by atoms with van der Waals surface area (Å²) in [4.78, 5) is 20.8. The number of carboxylic acid groups (broad SMARTS) is 2. The van der Waals surface area contributed by atoms with Gasteiger partial charge in [0.2, 0.25) is 0 Å². The first-order chi connectivity index (χ1) is 6.21. The Morgan fingerprint density at radius 2 is 1.69 bits per heavy atom. The predicted octanol–water partition coefficient (Wildman–Crippen LogP) is -7.78. The van der Waals surface area contributed by atoms with Gasteiger partial charge in [0, 0.05) is 4.11 Å². The smallest absolute Gasteiger partial charge is 0.545 e. The van der Waals surface area contributed by atoms with Crippen LogP contribution in [0.5, 0.6) is 0 Å². The summed E-state index contributed by atoms with van der Waals surface area (Å²) in [5.74, 6) is -3.81. The molecule has 0 saturated carbocycles. The molecule has 0 unspecified atom stereocenters. The molecule has 0 amide bonds. The van der Waals surface area contributed by atoms with Crippen LogP contribution in [0.2, 0.25) is 0 Å². The third-order valence-electron chi connectivity index (χ3n) is 1.11. The maximum atomic E-state index is 10.4. The van der Waals surface area contributed by atoms with Crippen LogP contribution in [-0.4, -0.2) is 11.9 Å². The van der Waals surface area contributed by atoms with Gasteiger partial charge in [-0.15, -0.1) is 0 Å². The summed E-state index contributed by atoms with van der Waals surface area (Å²) in [6.45, 7) is -1.69. The van der Waals surface area contributed by atoms with Crippen LogP contribution in [0, 0.1) is 0 Å². The van der Waals surface area contributed by atoms with Crippen LogP contribution in [0.15, 0.2) is 11.1 Å². The molecule has 0 aromatic carbocycles. The third kappa shape index (κ3) is 6.71. The molecule has 62 valence electrons. The summed E-state index contributed by atoms with van der Waals surface area (Å²) in [7, 11) is 0. The van der Waals surface area contributed by atoms with Gasteiger partial charge in [-0.25, -0.2) is 0 Å². The van der Waals surface area contributed by atoms with Gasteiger partial charge in [-0.3, -0.25) is 0 Å². The monoisotopic (exact) mass is 205 g/mol. The van der Waals surface area contributed by atoms with Gasteiger partial charge < -0.3 is 19.8 Å². The van der Waals surface area contributed by atoms with Gasteiger partial charge in [-0.2, -0.15) is 0 Å². The van der Waals surface area contributed by atoms with Gasteiger partial charge in [-0.05, 0) is 24.4 Å². The van der Waals surface area contributed by atoms with E-state index in [-0.39, 0.29) is 65.5 Å². The van der Waals surface area contributed by atoms with Crippen LogP contribution in [-0.2, 0) is 9.59 Å². The minimum absolute atomic E-state index is 0. The van der Waals surface area contributed by atoms with Crippen LogP contribution in [0.1, 0.15) is 24.3 Å². The number of carbonyl (C=O) groups excluding carboxylic acids is 2. The third-order valence-corrected chi connectivity index (χ3v) is 1.11. The molecule has 0 rings (SSSR count). The summed E-state index contributed by atoms with van der Waals surface area (Å²) in [5.41, 5.74) is -1.95. The average molecular weight is 205 g/mol. The Balaban J connectivity index is -0.000000845. The largest absolute Gasteiger partial charge is 1.00 e. The van der Waals surface area contributed by atoms with Gasteiger partial charge in [0.1, 0.15) is 0 Å². The molecule has 6 heteroatoms. The molecule has 0 aliphatic rings. The van der Waals surface area contributed by atoms with E-state index in [9.17, 15) is 19.8 Å². The van der Waals surface area contributed by atoms with Crippen molar-refractivity contribution in [2.45, 2.75) is 20.2 Å². The van der Waals surface area contributed by atoms with E-state index in [1.165, 1.54) is 6.92 Å². The number of hydrogen-bond donors (Lipinski definition) is 0. The molecule has 0 heterocycles. The fourth-order valence-electron chi connectivity index (χ4n) is 0.546. The molecular weight excluding hydrogens is 194 g/mol. The maximum absolute atomic E-state index is 10.4. The number of aliphatic carboxylic acids is 2. The van der Waals surface area contributed by atoms with Crippen LogP contribution in [0.3, 0.4) is 0 Å². The van der Waals surface area contributed by atoms with Crippen molar-refractivity contribution in [2.75, 3.05) is 0 Å². The second-order valence-electron chi connectivity index (χ2n) is 1.78. The van der Waals surface area contributed by atoms with Crippen molar-refractivity contribution in [3.63, 3.8) is 0 Å². The van der Waals surface area contributed by atoms with Gasteiger partial charge in [0.15, 0.2) is 0 Å². The summed E-state index contributed by atoms with van der Waals surface area (Å²) in [5, 5.41) is 20.8. The maximum Gasteiger partial charge on any atom is 1.00 e. The van der Waals surface area contributed by atoms with E-state index in [0.717, 1.165) is 0 Å². The molecule has 0 fully saturated rings. The number of carboxylic acids is 2. The molecule has 0 aromatic heterocycles. The Kier molecular flexibility index (Phi) is 8.36. The topological polar surface area (TPSA) is 80.3 Å². The second kappa shape index (κ2) is 9.24. The van der Waals surface area contributed by atoms with Crippen molar-refractivity contribution < 1.29 is 83.0 Å². The van der Waals surface area contributed by atoms with Gasteiger partial charge >= 0.3 is 59.1 Å². The van der Waals surface area contributed by atoms with Crippen molar-refractivity contribution in [1.82, 2.24) is 0 Å². The fraction of sp³-hybridized carbons (Fsp3) is 0.429. The van der Waals surface area contributed by atoms with E-state index >= 15 is 0 Å². The van der Waals surface area contributed by atoms with Gasteiger partial charge in [0.25, 0.3) is 0 Å². The molecule has 13 heavy (non-hydrogen) atoms. The van der Waals surface area contributed by atoms with Crippen molar-refractivity contribution in [2.24, 2.45) is 0 Å². The summed E-state index contributed by atoms with van der Waals surface area (Å²) >= 11 is 0. The molecule has 0 saturated heterocycles. The molecule has 0 aromatic rings.